The van der Waals surface area contributed by atoms with Gasteiger partial charge in [0.25, 0.3) is 11.7 Å². The third-order valence-corrected chi connectivity index (χ3v) is 4.74. The van der Waals surface area contributed by atoms with E-state index in [2.05, 4.69) is 5.32 Å². The second kappa shape index (κ2) is 6.92. The Bertz CT molecular complexity index is 874. The average Bonchev–Trinajstić information content (AvgIpc) is 3.25. The van der Waals surface area contributed by atoms with Crippen LogP contribution in [0.25, 0.3) is 0 Å². The van der Waals surface area contributed by atoms with E-state index in [4.69, 9.17) is 14.2 Å². The number of anilines is 1. The highest BCUT2D eigenvalue weighted by molar-refractivity contribution is 5.92. The van der Waals surface area contributed by atoms with E-state index >= 15 is 0 Å². The van der Waals surface area contributed by atoms with Crippen molar-refractivity contribution in [1.29, 1.82) is 0 Å². The molecule has 28 heavy (non-hydrogen) atoms. The highest BCUT2D eigenvalue weighted by Gasteiger charge is 2.44. The van der Waals surface area contributed by atoms with Gasteiger partial charge in [0.2, 0.25) is 0 Å². The molecule has 148 valence electrons. The first-order chi connectivity index (χ1) is 13.3. The van der Waals surface area contributed by atoms with Crippen molar-refractivity contribution in [1.82, 2.24) is 0 Å². The monoisotopic (exact) mass is 393 g/mol. The number of amides is 1. The molecule has 4 rings (SSSR count). The first-order valence-corrected chi connectivity index (χ1v) is 8.95. The van der Waals surface area contributed by atoms with Gasteiger partial charge >= 0.3 is 6.18 Å². The van der Waals surface area contributed by atoms with Crippen LogP contribution in [0.1, 0.15) is 31.2 Å². The quantitative estimate of drug-likeness (QED) is 0.814. The van der Waals surface area contributed by atoms with Gasteiger partial charge < -0.3 is 19.5 Å². The van der Waals surface area contributed by atoms with Gasteiger partial charge in [-0.25, -0.2) is 0 Å². The summed E-state index contributed by atoms with van der Waals surface area (Å²) in [6.45, 7) is -0.330. The van der Waals surface area contributed by atoms with Crippen LogP contribution >= 0.6 is 0 Å². The molecule has 0 aromatic heterocycles. The molecule has 2 aliphatic rings. The average molecular weight is 393 g/mol. The van der Waals surface area contributed by atoms with Crippen LogP contribution < -0.4 is 19.5 Å². The van der Waals surface area contributed by atoms with Crippen LogP contribution in [0.2, 0.25) is 0 Å². The molecular formula is C20H18F3NO4. The number of carbonyl (C=O) groups excluding carboxylic acids is 1. The fourth-order valence-corrected chi connectivity index (χ4v) is 3.38. The van der Waals surface area contributed by atoms with Gasteiger partial charge in [-0.2, -0.15) is 13.2 Å². The highest BCUT2D eigenvalue weighted by Crippen LogP contribution is 2.47. The summed E-state index contributed by atoms with van der Waals surface area (Å²) >= 11 is 0. The predicted octanol–water partition coefficient (Wildman–Crippen LogP) is 4.76. The zero-order valence-corrected chi connectivity index (χ0v) is 14.8. The van der Waals surface area contributed by atoms with Crippen molar-refractivity contribution in [3.8, 4) is 17.2 Å². The van der Waals surface area contributed by atoms with Crippen LogP contribution in [-0.2, 0) is 11.0 Å². The van der Waals surface area contributed by atoms with Crippen molar-refractivity contribution in [3.63, 3.8) is 0 Å². The van der Waals surface area contributed by atoms with Gasteiger partial charge in [-0.15, -0.1) is 0 Å². The van der Waals surface area contributed by atoms with E-state index in [0.29, 0.717) is 17.2 Å². The van der Waals surface area contributed by atoms with Gasteiger partial charge in [0.05, 0.1) is 5.56 Å². The molecule has 0 atom stereocenters. The Morgan fingerprint density at radius 1 is 1.04 bits per heavy atom. The van der Waals surface area contributed by atoms with Crippen LogP contribution in [0.5, 0.6) is 17.2 Å². The summed E-state index contributed by atoms with van der Waals surface area (Å²) in [6.07, 6.45) is -0.626. The van der Waals surface area contributed by atoms with Crippen molar-refractivity contribution >= 4 is 11.6 Å². The van der Waals surface area contributed by atoms with Crippen LogP contribution in [0.15, 0.2) is 42.5 Å². The summed E-state index contributed by atoms with van der Waals surface area (Å²) in [7, 11) is 0. The first-order valence-electron chi connectivity index (χ1n) is 8.95. The molecule has 1 spiro atoms. The lowest BCUT2D eigenvalue weighted by Gasteiger charge is -2.21. The number of carbonyl (C=O) groups is 1. The fourth-order valence-electron chi connectivity index (χ4n) is 3.38. The molecule has 0 radical (unpaired) electrons. The molecule has 0 unspecified atom stereocenters. The van der Waals surface area contributed by atoms with E-state index in [1.807, 2.05) is 0 Å². The topological polar surface area (TPSA) is 56.8 Å². The van der Waals surface area contributed by atoms with Gasteiger partial charge in [-0.3, -0.25) is 4.79 Å². The molecule has 5 nitrogen and oxygen atoms in total. The van der Waals surface area contributed by atoms with Crippen molar-refractivity contribution in [3.05, 3.63) is 48.0 Å². The number of alkyl halides is 3. The normalized spacial score (nSPS) is 17.0. The van der Waals surface area contributed by atoms with Crippen LogP contribution in [0.4, 0.5) is 18.9 Å². The minimum Gasteiger partial charge on any atom is -0.484 e. The molecule has 0 saturated heterocycles. The molecular weight excluding hydrogens is 375 g/mol. The number of hydrogen-bond acceptors (Lipinski definition) is 4. The number of halogens is 3. The second-order valence-corrected chi connectivity index (χ2v) is 6.84. The Kier molecular flexibility index (Phi) is 4.56. The Morgan fingerprint density at radius 2 is 1.71 bits per heavy atom. The van der Waals surface area contributed by atoms with E-state index in [-0.39, 0.29) is 12.4 Å². The van der Waals surface area contributed by atoms with Gasteiger partial charge in [0.15, 0.2) is 18.1 Å². The van der Waals surface area contributed by atoms with E-state index in [9.17, 15) is 18.0 Å². The number of rotatable bonds is 4. The van der Waals surface area contributed by atoms with E-state index in [1.54, 1.807) is 18.2 Å². The minimum absolute atomic E-state index is 0.178. The summed E-state index contributed by atoms with van der Waals surface area (Å²) in [4.78, 5) is 12.1. The number of hydrogen-bond donors (Lipinski definition) is 1. The maximum absolute atomic E-state index is 12.5. The highest BCUT2D eigenvalue weighted by atomic mass is 19.4. The lowest BCUT2D eigenvalue weighted by Crippen LogP contribution is -2.34. The van der Waals surface area contributed by atoms with Crippen LogP contribution in [-0.4, -0.2) is 18.3 Å². The van der Waals surface area contributed by atoms with Crippen molar-refractivity contribution in [2.45, 2.75) is 37.6 Å². The molecule has 1 aliphatic carbocycles. The fraction of sp³-hybridized carbons (Fsp3) is 0.350. The zero-order valence-electron chi connectivity index (χ0n) is 14.8. The molecule has 1 saturated carbocycles. The summed E-state index contributed by atoms with van der Waals surface area (Å²) < 4.78 is 54.7. The van der Waals surface area contributed by atoms with Gasteiger partial charge in [-0.1, -0.05) is 0 Å². The molecule has 1 fully saturated rings. The Balaban J connectivity index is 1.32. The van der Waals surface area contributed by atoms with Crippen molar-refractivity contribution < 1.29 is 32.2 Å². The molecule has 1 heterocycles. The summed E-state index contributed by atoms with van der Waals surface area (Å²) in [5, 5.41) is 2.68. The number of fused-ring (bicyclic) bond motifs is 1. The van der Waals surface area contributed by atoms with Crippen LogP contribution in [0, 0.1) is 0 Å². The SMILES string of the molecule is O=C(COc1ccc(C(F)(F)F)cc1)Nc1ccc2c(c1)OC1(CCCC1)O2. The Hall–Kier alpha value is -2.90. The van der Waals surface area contributed by atoms with E-state index < -0.39 is 23.4 Å². The van der Waals surface area contributed by atoms with Crippen LogP contribution in [0.3, 0.4) is 0 Å². The smallest absolute Gasteiger partial charge is 0.416 e. The third-order valence-electron chi connectivity index (χ3n) is 4.74. The minimum atomic E-state index is -4.41. The van der Waals surface area contributed by atoms with Gasteiger partial charge in [0, 0.05) is 24.6 Å². The standard InChI is InChI=1S/C20H18F3NO4/c21-20(22,23)13-3-6-15(7-4-13)26-12-18(25)24-14-5-8-16-17(11-14)28-19(27-16)9-1-2-10-19/h3-8,11H,1-2,9-10,12H2,(H,24,25). The number of nitrogens with one attached hydrogen (secondary N) is 1. The van der Waals surface area contributed by atoms with E-state index in [1.165, 1.54) is 12.1 Å². The van der Waals surface area contributed by atoms with Gasteiger partial charge in [-0.05, 0) is 49.2 Å². The second-order valence-electron chi connectivity index (χ2n) is 6.84. The van der Waals surface area contributed by atoms with Crippen molar-refractivity contribution in [2.75, 3.05) is 11.9 Å². The largest absolute Gasteiger partial charge is 0.484 e. The number of benzene rings is 2. The van der Waals surface area contributed by atoms with Gasteiger partial charge in [0.1, 0.15) is 5.75 Å². The molecule has 1 aliphatic heterocycles. The summed E-state index contributed by atoms with van der Waals surface area (Å²) in [5.74, 6) is 0.409. The zero-order chi connectivity index (χ0) is 19.8. The Labute approximate surface area is 159 Å². The van der Waals surface area contributed by atoms with E-state index in [0.717, 1.165) is 37.8 Å². The molecule has 2 aromatic rings. The summed E-state index contributed by atoms with van der Waals surface area (Å²) in [5.41, 5.74) is -0.247. The molecule has 1 N–H and O–H groups in total. The maximum atomic E-state index is 12.5. The lowest BCUT2D eigenvalue weighted by atomic mass is 10.2. The molecule has 2 aromatic carbocycles. The van der Waals surface area contributed by atoms with Crippen molar-refractivity contribution in [2.24, 2.45) is 0 Å². The maximum Gasteiger partial charge on any atom is 0.416 e. The first kappa shape index (κ1) is 18.5. The molecule has 8 heteroatoms. The lowest BCUT2D eigenvalue weighted by molar-refractivity contribution is -0.137. The predicted molar refractivity (Wildman–Crippen MR) is 94.5 cm³/mol. The molecule has 0 bridgehead atoms. The number of ether oxygens (including phenoxy) is 3. The molecule has 1 amide bonds. The Morgan fingerprint density at radius 3 is 2.39 bits per heavy atom. The summed E-state index contributed by atoms with van der Waals surface area (Å²) in [6, 6.07) is 9.31. The third kappa shape index (κ3) is 3.85.